The van der Waals surface area contributed by atoms with E-state index in [-0.39, 0.29) is 5.91 Å². The van der Waals surface area contributed by atoms with Gasteiger partial charge >= 0.3 is 0 Å². The van der Waals surface area contributed by atoms with Gasteiger partial charge in [-0.1, -0.05) is 35.3 Å². The first-order valence-corrected chi connectivity index (χ1v) is 7.26. The lowest BCUT2D eigenvalue weighted by molar-refractivity contribution is -0.121. The summed E-state index contributed by atoms with van der Waals surface area (Å²) in [5, 5.41) is 6.88. The second-order valence-electron chi connectivity index (χ2n) is 4.42. The quantitative estimate of drug-likeness (QED) is 0.855. The fraction of sp³-hybridized carbons (Fsp3) is 0.200. The third kappa shape index (κ3) is 4.92. The van der Waals surface area contributed by atoms with E-state index in [9.17, 15) is 4.79 Å². The summed E-state index contributed by atoms with van der Waals surface area (Å²) >= 11 is 12.0. The van der Waals surface area contributed by atoms with Gasteiger partial charge < -0.3 is 10.6 Å². The van der Waals surface area contributed by atoms with Gasteiger partial charge in [0.1, 0.15) is 0 Å². The van der Waals surface area contributed by atoms with Gasteiger partial charge in [0.15, 0.2) is 0 Å². The van der Waals surface area contributed by atoms with E-state index in [1.165, 1.54) is 0 Å². The van der Waals surface area contributed by atoms with Gasteiger partial charge in [0.2, 0.25) is 5.91 Å². The molecular formula is C15H15Cl2N3O. The standard InChI is InChI=1S/C15H15Cl2N3O/c16-12-4-1-5-13(15(12)17)19-8-6-14(21)20-10-11-3-2-7-18-9-11/h1-5,7,9,19H,6,8,10H2,(H,20,21). The number of rotatable bonds is 6. The van der Waals surface area contributed by atoms with Crippen LogP contribution in [0.25, 0.3) is 0 Å². The maximum absolute atomic E-state index is 11.7. The lowest BCUT2D eigenvalue weighted by Crippen LogP contribution is -2.24. The Hall–Kier alpha value is -1.78. The van der Waals surface area contributed by atoms with Gasteiger partial charge in [0, 0.05) is 31.9 Å². The fourth-order valence-corrected chi connectivity index (χ4v) is 2.11. The van der Waals surface area contributed by atoms with E-state index < -0.39 is 0 Å². The number of aromatic nitrogens is 1. The number of hydrogen-bond acceptors (Lipinski definition) is 3. The normalized spacial score (nSPS) is 10.2. The molecule has 2 N–H and O–H groups in total. The van der Waals surface area contributed by atoms with Crippen LogP contribution in [0.15, 0.2) is 42.7 Å². The SMILES string of the molecule is O=C(CCNc1cccc(Cl)c1Cl)NCc1cccnc1. The van der Waals surface area contributed by atoms with E-state index in [0.29, 0.717) is 29.6 Å². The largest absolute Gasteiger partial charge is 0.383 e. The molecule has 2 aromatic rings. The number of nitrogens with zero attached hydrogens (tertiary/aromatic N) is 1. The molecular weight excluding hydrogens is 309 g/mol. The van der Waals surface area contributed by atoms with Gasteiger partial charge in [-0.05, 0) is 23.8 Å². The number of anilines is 1. The predicted octanol–water partition coefficient (Wildman–Crippen LogP) is 3.51. The summed E-state index contributed by atoms with van der Waals surface area (Å²) in [5.74, 6) is -0.0375. The molecule has 0 saturated heterocycles. The number of amides is 1. The van der Waals surface area contributed by atoms with Gasteiger partial charge in [-0.2, -0.15) is 0 Å². The molecule has 6 heteroatoms. The summed E-state index contributed by atoms with van der Waals surface area (Å²) < 4.78 is 0. The molecule has 0 aliphatic heterocycles. The Morgan fingerprint density at radius 3 is 2.81 bits per heavy atom. The van der Waals surface area contributed by atoms with Crippen LogP contribution in [0.2, 0.25) is 10.0 Å². The van der Waals surface area contributed by atoms with E-state index in [4.69, 9.17) is 23.2 Å². The zero-order chi connectivity index (χ0) is 15.1. The average Bonchev–Trinajstić information content (AvgIpc) is 2.50. The second kappa shape index (κ2) is 7.86. The van der Waals surface area contributed by atoms with E-state index >= 15 is 0 Å². The molecule has 0 spiro atoms. The lowest BCUT2D eigenvalue weighted by atomic mass is 10.2. The van der Waals surface area contributed by atoms with Crippen molar-refractivity contribution in [2.75, 3.05) is 11.9 Å². The molecule has 1 aromatic heterocycles. The van der Waals surface area contributed by atoms with Crippen molar-refractivity contribution >= 4 is 34.8 Å². The molecule has 0 bridgehead atoms. The highest BCUT2D eigenvalue weighted by Crippen LogP contribution is 2.29. The third-order valence-corrected chi connectivity index (χ3v) is 3.65. The van der Waals surface area contributed by atoms with Crippen molar-refractivity contribution in [1.82, 2.24) is 10.3 Å². The highest BCUT2D eigenvalue weighted by molar-refractivity contribution is 6.43. The van der Waals surface area contributed by atoms with Crippen LogP contribution >= 0.6 is 23.2 Å². The summed E-state index contributed by atoms with van der Waals surface area (Å²) in [6.45, 7) is 0.962. The fourth-order valence-electron chi connectivity index (χ4n) is 1.74. The molecule has 21 heavy (non-hydrogen) atoms. The average molecular weight is 324 g/mol. The smallest absolute Gasteiger partial charge is 0.222 e. The first-order valence-electron chi connectivity index (χ1n) is 6.50. The minimum atomic E-state index is -0.0375. The van der Waals surface area contributed by atoms with Crippen LogP contribution in [0.4, 0.5) is 5.69 Å². The Bertz CT molecular complexity index is 605. The summed E-state index contributed by atoms with van der Waals surface area (Å²) in [5.41, 5.74) is 1.70. The van der Waals surface area contributed by atoms with Crippen molar-refractivity contribution in [3.05, 3.63) is 58.3 Å². The summed E-state index contributed by atoms with van der Waals surface area (Å²) in [7, 11) is 0. The monoisotopic (exact) mass is 323 g/mol. The number of carbonyl (C=O) groups excluding carboxylic acids is 1. The van der Waals surface area contributed by atoms with Gasteiger partial charge in [-0.3, -0.25) is 9.78 Å². The molecule has 110 valence electrons. The highest BCUT2D eigenvalue weighted by Gasteiger charge is 2.05. The molecule has 1 heterocycles. The molecule has 1 aromatic carbocycles. The Labute approximate surface area is 133 Å². The minimum Gasteiger partial charge on any atom is -0.383 e. The number of carbonyl (C=O) groups is 1. The topological polar surface area (TPSA) is 54.0 Å². The maximum Gasteiger partial charge on any atom is 0.222 e. The molecule has 0 aliphatic carbocycles. The van der Waals surface area contributed by atoms with E-state index in [1.54, 1.807) is 24.5 Å². The van der Waals surface area contributed by atoms with E-state index in [1.807, 2.05) is 18.2 Å². The van der Waals surface area contributed by atoms with Crippen LogP contribution in [-0.2, 0) is 11.3 Å². The molecule has 4 nitrogen and oxygen atoms in total. The van der Waals surface area contributed by atoms with Crippen LogP contribution in [-0.4, -0.2) is 17.4 Å². The lowest BCUT2D eigenvalue weighted by Gasteiger charge is -2.09. The van der Waals surface area contributed by atoms with Crippen molar-refractivity contribution in [2.24, 2.45) is 0 Å². The zero-order valence-corrected chi connectivity index (χ0v) is 12.8. The first kappa shape index (κ1) is 15.6. The van der Waals surface area contributed by atoms with Crippen molar-refractivity contribution in [2.45, 2.75) is 13.0 Å². The van der Waals surface area contributed by atoms with Crippen LogP contribution in [0.3, 0.4) is 0 Å². The Morgan fingerprint density at radius 1 is 1.19 bits per heavy atom. The van der Waals surface area contributed by atoms with Crippen molar-refractivity contribution in [3.8, 4) is 0 Å². The number of pyridine rings is 1. The number of nitrogens with one attached hydrogen (secondary N) is 2. The van der Waals surface area contributed by atoms with Crippen molar-refractivity contribution in [3.63, 3.8) is 0 Å². The molecule has 0 aliphatic rings. The van der Waals surface area contributed by atoms with Crippen LogP contribution < -0.4 is 10.6 Å². The van der Waals surface area contributed by atoms with Gasteiger partial charge in [-0.15, -0.1) is 0 Å². The summed E-state index contributed by atoms with van der Waals surface area (Å²) in [4.78, 5) is 15.7. The summed E-state index contributed by atoms with van der Waals surface area (Å²) in [6, 6.07) is 9.10. The predicted molar refractivity (Wildman–Crippen MR) is 85.7 cm³/mol. The van der Waals surface area contributed by atoms with Crippen molar-refractivity contribution in [1.29, 1.82) is 0 Å². The van der Waals surface area contributed by atoms with Crippen LogP contribution in [0.1, 0.15) is 12.0 Å². The Kier molecular flexibility index (Phi) is 5.84. The molecule has 0 radical (unpaired) electrons. The van der Waals surface area contributed by atoms with Gasteiger partial charge in [0.05, 0.1) is 15.7 Å². The molecule has 0 atom stereocenters. The van der Waals surface area contributed by atoms with E-state index in [0.717, 1.165) is 11.3 Å². The third-order valence-electron chi connectivity index (χ3n) is 2.83. The highest BCUT2D eigenvalue weighted by atomic mass is 35.5. The Balaban J connectivity index is 1.73. The molecule has 0 fully saturated rings. The van der Waals surface area contributed by atoms with Crippen LogP contribution in [0.5, 0.6) is 0 Å². The van der Waals surface area contributed by atoms with E-state index in [2.05, 4.69) is 15.6 Å². The summed E-state index contributed by atoms with van der Waals surface area (Å²) in [6.07, 6.45) is 3.78. The van der Waals surface area contributed by atoms with Crippen molar-refractivity contribution < 1.29 is 4.79 Å². The number of hydrogen-bond donors (Lipinski definition) is 2. The zero-order valence-electron chi connectivity index (χ0n) is 11.3. The number of halogens is 2. The maximum atomic E-state index is 11.7. The molecule has 0 unspecified atom stereocenters. The second-order valence-corrected chi connectivity index (χ2v) is 5.20. The number of benzene rings is 1. The van der Waals surface area contributed by atoms with Crippen LogP contribution in [0, 0.1) is 0 Å². The first-order chi connectivity index (χ1) is 10.2. The Morgan fingerprint density at radius 2 is 2.05 bits per heavy atom. The minimum absolute atomic E-state index is 0.0375. The molecule has 1 amide bonds. The molecule has 2 rings (SSSR count). The van der Waals surface area contributed by atoms with Gasteiger partial charge in [-0.25, -0.2) is 0 Å². The van der Waals surface area contributed by atoms with Gasteiger partial charge in [0.25, 0.3) is 0 Å². The molecule has 0 saturated carbocycles.